The van der Waals surface area contributed by atoms with Crippen molar-refractivity contribution in [2.45, 2.75) is 26.9 Å². The number of H-pyrrole nitrogens is 1. The van der Waals surface area contributed by atoms with Gasteiger partial charge < -0.3 is 14.5 Å². The van der Waals surface area contributed by atoms with E-state index in [1.165, 1.54) is 14.0 Å². The normalized spacial score (nSPS) is 10.7. The molecule has 3 aromatic rings. The van der Waals surface area contributed by atoms with E-state index in [9.17, 15) is 9.59 Å². The molecule has 0 aliphatic heterocycles. The summed E-state index contributed by atoms with van der Waals surface area (Å²) in [7, 11) is 1.34. The predicted molar refractivity (Wildman–Crippen MR) is 99.8 cm³/mol. The SMILES string of the molecule is CCc1c(C(C)=O)[nH]c2cc(OCc3ccccc3)c(C(=O)OC)cc12. The molecule has 0 aliphatic carbocycles. The molecule has 0 spiro atoms. The van der Waals surface area contributed by atoms with Gasteiger partial charge in [0.2, 0.25) is 0 Å². The molecule has 0 atom stereocenters. The Kier molecular flexibility index (Phi) is 5.07. The van der Waals surface area contributed by atoms with Crippen LogP contribution in [0.4, 0.5) is 0 Å². The highest BCUT2D eigenvalue weighted by molar-refractivity contribution is 6.04. The molecule has 1 heterocycles. The molecular weight excluding hydrogens is 330 g/mol. The number of Topliss-reactive ketones (excluding diaryl/α,β-unsaturated/α-hetero) is 1. The number of carbonyl (C=O) groups excluding carboxylic acids is 2. The Morgan fingerprint density at radius 2 is 1.85 bits per heavy atom. The smallest absolute Gasteiger partial charge is 0.341 e. The van der Waals surface area contributed by atoms with Crippen LogP contribution in [0, 0.1) is 0 Å². The molecule has 26 heavy (non-hydrogen) atoms. The van der Waals surface area contributed by atoms with E-state index in [-0.39, 0.29) is 5.78 Å². The third-order valence-corrected chi connectivity index (χ3v) is 4.35. The molecule has 0 saturated heterocycles. The van der Waals surface area contributed by atoms with Crippen LogP contribution < -0.4 is 4.74 Å². The van der Waals surface area contributed by atoms with Gasteiger partial charge in [0.05, 0.1) is 12.8 Å². The largest absolute Gasteiger partial charge is 0.488 e. The number of aromatic amines is 1. The molecule has 2 aromatic carbocycles. The van der Waals surface area contributed by atoms with Gasteiger partial charge in [-0.1, -0.05) is 37.3 Å². The van der Waals surface area contributed by atoms with E-state index in [4.69, 9.17) is 9.47 Å². The highest BCUT2D eigenvalue weighted by Crippen LogP contribution is 2.31. The van der Waals surface area contributed by atoms with Crippen LogP contribution in [0.5, 0.6) is 5.75 Å². The molecule has 3 rings (SSSR count). The summed E-state index contributed by atoms with van der Waals surface area (Å²) in [5, 5.41) is 0.838. The minimum atomic E-state index is -0.470. The van der Waals surface area contributed by atoms with Crippen molar-refractivity contribution in [2.24, 2.45) is 0 Å². The van der Waals surface area contributed by atoms with Crippen LogP contribution in [0.1, 0.15) is 45.8 Å². The molecule has 0 fully saturated rings. The van der Waals surface area contributed by atoms with Crippen LogP contribution >= 0.6 is 0 Å². The summed E-state index contributed by atoms with van der Waals surface area (Å²) in [6, 6.07) is 13.2. The van der Waals surface area contributed by atoms with Crippen LogP contribution in [0.15, 0.2) is 42.5 Å². The number of fused-ring (bicyclic) bond motifs is 1. The second-order valence-corrected chi connectivity index (χ2v) is 6.05. The predicted octanol–water partition coefficient (Wildman–Crippen LogP) is 4.30. The van der Waals surface area contributed by atoms with Crippen molar-refractivity contribution in [1.29, 1.82) is 0 Å². The lowest BCUT2D eigenvalue weighted by Gasteiger charge is -2.11. The van der Waals surface area contributed by atoms with Gasteiger partial charge in [-0.3, -0.25) is 4.79 Å². The summed E-state index contributed by atoms with van der Waals surface area (Å²) in [5.41, 5.74) is 3.57. The fourth-order valence-electron chi connectivity index (χ4n) is 3.07. The number of benzene rings is 2. The first-order valence-corrected chi connectivity index (χ1v) is 8.49. The van der Waals surface area contributed by atoms with Gasteiger partial charge in [0.25, 0.3) is 0 Å². The molecule has 0 radical (unpaired) electrons. The third kappa shape index (κ3) is 3.33. The second-order valence-electron chi connectivity index (χ2n) is 6.05. The molecule has 5 nitrogen and oxygen atoms in total. The van der Waals surface area contributed by atoms with Crippen LogP contribution in [-0.4, -0.2) is 23.8 Å². The molecule has 0 saturated carbocycles. The lowest BCUT2D eigenvalue weighted by molar-refractivity contribution is 0.0595. The van der Waals surface area contributed by atoms with Crippen LogP contribution in [0.3, 0.4) is 0 Å². The van der Waals surface area contributed by atoms with Gasteiger partial charge >= 0.3 is 5.97 Å². The first-order valence-electron chi connectivity index (χ1n) is 8.49. The summed E-state index contributed by atoms with van der Waals surface area (Å²) >= 11 is 0. The van der Waals surface area contributed by atoms with Gasteiger partial charge in [-0.25, -0.2) is 4.79 Å². The quantitative estimate of drug-likeness (QED) is 0.531. The van der Waals surface area contributed by atoms with Crippen LogP contribution in [-0.2, 0) is 17.8 Å². The van der Waals surface area contributed by atoms with E-state index in [0.29, 0.717) is 30.0 Å². The van der Waals surface area contributed by atoms with Crippen molar-refractivity contribution in [3.05, 3.63) is 64.8 Å². The zero-order valence-electron chi connectivity index (χ0n) is 15.1. The molecule has 134 valence electrons. The maximum Gasteiger partial charge on any atom is 0.341 e. The number of nitrogens with one attached hydrogen (secondary N) is 1. The number of esters is 1. The van der Waals surface area contributed by atoms with Crippen LogP contribution in [0.2, 0.25) is 0 Å². The summed E-state index contributed by atoms with van der Waals surface area (Å²) in [5.74, 6) is -0.0841. The Balaban J connectivity index is 2.08. The molecule has 1 N–H and O–H groups in total. The number of aromatic nitrogens is 1. The van der Waals surface area contributed by atoms with E-state index in [0.717, 1.165) is 22.0 Å². The lowest BCUT2D eigenvalue weighted by Crippen LogP contribution is -2.06. The summed E-state index contributed by atoms with van der Waals surface area (Å²) < 4.78 is 10.8. The molecule has 0 amide bonds. The van der Waals surface area contributed by atoms with Crippen molar-refractivity contribution in [2.75, 3.05) is 7.11 Å². The molecule has 0 aliphatic rings. The average molecular weight is 351 g/mol. The standard InChI is InChI=1S/C21H21NO4/c1-4-15-16-10-17(21(24)25-3)19(11-18(16)22-20(15)13(2)23)26-12-14-8-6-5-7-9-14/h5-11,22H,4,12H2,1-3H3. The Hall–Kier alpha value is -3.08. The molecule has 5 heteroatoms. The fraction of sp³-hybridized carbons (Fsp3) is 0.238. The lowest BCUT2D eigenvalue weighted by atomic mass is 10.0. The van der Waals surface area contributed by atoms with Crippen molar-refractivity contribution < 1.29 is 19.1 Å². The Labute approximate surface area is 151 Å². The molecule has 0 unspecified atom stereocenters. The van der Waals surface area contributed by atoms with Crippen molar-refractivity contribution in [1.82, 2.24) is 4.98 Å². The number of carbonyl (C=O) groups is 2. The Bertz CT molecular complexity index is 957. The topological polar surface area (TPSA) is 68.4 Å². The number of ketones is 1. The van der Waals surface area contributed by atoms with Crippen molar-refractivity contribution in [3.8, 4) is 5.75 Å². The number of ether oxygens (including phenoxy) is 2. The summed E-state index contributed by atoms with van der Waals surface area (Å²) in [4.78, 5) is 27.3. The Morgan fingerprint density at radius 1 is 1.12 bits per heavy atom. The third-order valence-electron chi connectivity index (χ3n) is 4.35. The van der Waals surface area contributed by atoms with E-state index < -0.39 is 5.97 Å². The van der Waals surface area contributed by atoms with Gasteiger partial charge in [0, 0.05) is 23.9 Å². The highest BCUT2D eigenvalue weighted by Gasteiger charge is 2.20. The first kappa shape index (κ1) is 17.7. The zero-order valence-corrected chi connectivity index (χ0v) is 15.1. The van der Waals surface area contributed by atoms with E-state index in [1.807, 2.05) is 37.3 Å². The second kappa shape index (κ2) is 7.44. The van der Waals surface area contributed by atoms with Gasteiger partial charge in [0.15, 0.2) is 5.78 Å². The van der Waals surface area contributed by atoms with E-state index in [1.54, 1.807) is 12.1 Å². The van der Waals surface area contributed by atoms with Gasteiger partial charge in [-0.2, -0.15) is 0 Å². The molecular formula is C21H21NO4. The minimum Gasteiger partial charge on any atom is -0.488 e. The summed E-state index contributed by atoms with van der Waals surface area (Å²) in [6.07, 6.45) is 0.680. The minimum absolute atomic E-state index is 0.0376. The number of hydrogen-bond donors (Lipinski definition) is 1. The van der Waals surface area contributed by atoms with Crippen molar-refractivity contribution >= 4 is 22.7 Å². The van der Waals surface area contributed by atoms with Crippen molar-refractivity contribution in [3.63, 3.8) is 0 Å². The number of methoxy groups -OCH3 is 1. The molecule has 1 aromatic heterocycles. The van der Waals surface area contributed by atoms with Gasteiger partial charge in [-0.15, -0.1) is 0 Å². The van der Waals surface area contributed by atoms with Crippen LogP contribution in [0.25, 0.3) is 10.9 Å². The monoisotopic (exact) mass is 351 g/mol. The fourth-order valence-corrected chi connectivity index (χ4v) is 3.07. The maximum absolute atomic E-state index is 12.3. The maximum atomic E-state index is 12.3. The van der Waals surface area contributed by atoms with E-state index in [2.05, 4.69) is 4.98 Å². The van der Waals surface area contributed by atoms with E-state index >= 15 is 0 Å². The summed E-state index contributed by atoms with van der Waals surface area (Å²) in [6.45, 7) is 3.84. The Morgan fingerprint density at radius 3 is 2.46 bits per heavy atom. The first-order chi connectivity index (χ1) is 12.5. The number of aryl methyl sites for hydroxylation is 1. The van der Waals surface area contributed by atoms with Gasteiger partial charge in [0.1, 0.15) is 17.9 Å². The van der Waals surface area contributed by atoms with Gasteiger partial charge in [-0.05, 0) is 23.6 Å². The highest BCUT2D eigenvalue weighted by atomic mass is 16.5. The number of hydrogen-bond acceptors (Lipinski definition) is 4. The molecule has 0 bridgehead atoms. The zero-order chi connectivity index (χ0) is 18.7. The average Bonchev–Trinajstić information content (AvgIpc) is 3.03. The number of rotatable bonds is 6.